The molecule has 0 bridgehead atoms. The first-order chi connectivity index (χ1) is 15.6. The van der Waals surface area contributed by atoms with Crippen molar-refractivity contribution in [1.29, 1.82) is 0 Å². The molecule has 0 saturated carbocycles. The van der Waals surface area contributed by atoms with Crippen molar-refractivity contribution in [3.63, 3.8) is 0 Å². The number of benzene rings is 2. The van der Waals surface area contributed by atoms with Crippen LogP contribution < -0.4 is 4.74 Å². The van der Waals surface area contributed by atoms with Crippen LogP contribution in [0, 0.1) is 0 Å². The summed E-state index contributed by atoms with van der Waals surface area (Å²) in [6.45, 7) is 1.56. The number of hydrazone groups is 1. The van der Waals surface area contributed by atoms with E-state index in [0.717, 1.165) is 39.5 Å². The Kier molecular flexibility index (Phi) is 5.33. The third kappa shape index (κ3) is 3.71. The summed E-state index contributed by atoms with van der Waals surface area (Å²) in [7, 11) is 1.65. The number of hydrogen-bond donors (Lipinski definition) is 0. The monoisotopic (exact) mass is 442 g/mol. The van der Waals surface area contributed by atoms with Gasteiger partial charge in [-0.25, -0.2) is 9.69 Å². The van der Waals surface area contributed by atoms with E-state index in [1.165, 1.54) is 0 Å². The molecule has 2 aromatic carbocycles. The summed E-state index contributed by atoms with van der Waals surface area (Å²) in [5.74, 6) is 0.695. The van der Waals surface area contributed by atoms with Crippen molar-refractivity contribution in [2.24, 2.45) is 5.10 Å². The molecule has 1 atom stereocenters. The molecule has 0 radical (unpaired) electrons. The molecule has 0 spiro atoms. The number of carbonyl (C=O) groups excluding carboxylic acids is 1. The van der Waals surface area contributed by atoms with Crippen molar-refractivity contribution < 1.29 is 9.53 Å². The summed E-state index contributed by atoms with van der Waals surface area (Å²) >= 11 is 1.63. The van der Waals surface area contributed by atoms with Crippen LogP contribution in [0.4, 0.5) is 0 Å². The van der Waals surface area contributed by atoms with E-state index in [1.807, 2.05) is 76.9 Å². The number of amides is 1. The average molecular weight is 443 g/mol. The van der Waals surface area contributed by atoms with E-state index >= 15 is 0 Å². The van der Waals surface area contributed by atoms with Gasteiger partial charge in [0.1, 0.15) is 5.75 Å². The Morgan fingerprint density at radius 1 is 1.06 bits per heavy atom. The second-order valence-corrected chi connectivity index (χ2v) is 8.36. The zero-order chi connectivity index (χ0) is 22.1. The molecular weight excluding hydrogens is 420 g/mol. The number of methoxy groups -OCH3 is 1. The molecule has 0 aliphatic carbocycles. The fourth-order valence-electron chi connectivity index (χ4n) is 3.96. The van der Waals surface area contributed by atoms with Crippen molar-refractivity contribution in [3.8, 4) is 22.7 Å². The average Bonchev–Trinajstić information content (AvgIpc) is 3.58. The third-order valence-corrected chi connectivity index (χ3v) is 6.26. The molecule has 1 unspecified atom stereocenters. The summed E-state index contributed by atoms with van der Waals surface area (Å²) in [5.41, 5.74) is 5.69. The van der Waals surface area contributed by atoms with Gasteiger partial charge < -0.3 is 4.74 Å². The molecule has 0 saturated heterocycles. The van der Waals surface area contributed by atoms with Crippen LogP contribution in [-0.2, 0) is 4.79 Å². The molecule has 4 aromatic rings. The molecule has 6 nitrogen and oxygen atoms in total. The van der Waals surface area contributed by atoms with Crippen LogP contribution in [0.1, 0.15) is 30.5 Å². The Hall–Kier alpha value is -3.71. The van der Waals surface area contributed by atoms with Crippen molar-refractivity contribution in [2.45, 2.75) is 19.4 Å². The minimum Gasteiger partial charge on any atom is -0.497 e. The summed E-state index contributed by atoms with van der Waals surface area (Å²) in [6, 6.07) is 19.6. The van der Waals surface area contributed by atoms with Gasteiger partial charge >= 0.3 is 0 Å². The largest absolute Gasteiger partial charge is 0.497 e. The summed E-state index contributed by atoms with van der Waals surface area (Å²) in [4.78, 5) is 12.5. The van der Waals surface area contributed by atoms with Gasteiger partial charge in [0.15, 0.2) is 0 Å². The Labute approximate surface area is 190 Å². The predicted molar refractivity (Wildman–Crippen MR) is 126 cm³/mol. The topological polar surface area (TPSA) is 59.7 Å². The fourth-order valence-corrected chi connectivity index (χ4v) is 4.63. The number of carbonyl (C=O) groups is 1. The number of thiophene rings is 1. The van der Waals surface area contributed by atoms with Crippen molar-refractivity contribution in [2.75, 3.05) is 7.11 Å². The third-order valence-electron chi connectivity index (χ3n) is 5.57. The molecule has 5 rings (SSSR count). The molecule has 7 heteroatoms. The maximum atomic E-state index is 12.5. The lowest BCUT2D eigenvalue weighted by molar-refractivity contribution is -0.130. The Balaban J connectivity index is 1.61. The van der Waals surface area contributed by atoms with Gasteiger partial charge in [0.2, 0.25) is 5.91 Å². The fraction of sp³-hybridized carbons (Fsp3) is 0.160. The predicted octanol–water partition coefficient (Wildman–Crippen LogP) is 5.31. The molecule has 1 aliphatic rings. The second kappa shape index (κ2) is 8.43. The van der Waals surface area contributed by atoms with Crippen LogP contribution in [0.2, 0.25) is 0 Å². The quantitative estimate of drug-likeness (QED) is 0.421. The number of rotatable bonds is 5. The molecule has 0 fully saturated rings. The number of aromatic nitrogens is 2. The summed E-state index contributed by atoms with van der Waals surface area (Å²) in [6.07, 6.45) is 2.65. The van der Waals surface area contributed by atoms with Gasteiger partial charge in [0.25, 0.3) is 0 Å². The lowest BCUT2D eigenvalue weighted by atomic mass is 9.97. The molecule has 1 aliphatic heterocycles. The van der Waals surface area contributed by atoms with Crippen molar-refractivity contribution >= 4 is 23.0 Å². The first kappa shape index (κ1) is 20.2. The van der Waals surface area contributed by atoms with E-state index in [4.69, 9.17) is 9.84 Å². The first-order valence-corrected chi connectivity index (χ1v) is 11.3. The minimum absolute atomic E-state index is 0.0895. The van der Waals surface area contributed by atoms with Gasteiger partial charge in [-0.2, -0.15) is 21.5 Å². The lowest BCUT2D eigenvalue weighted by Crippen LogP contribution is -2.24. The number of ether oxygens (including phenoxy) is 1. The highest BCUT2D eigenvalue weighted by Gasteiger charge is 2.34. The minimum atomic E-state index is -0.225. The van der Waals surface area contributed by atoms with Crippen LogP contribution in [0.5, 0.6) is 5.75 Å². The molecule has 2 aromatic heterocycles. The van der Waals surface area contributed by atoms with E-state index < -0.39 is 0 Å². The van der Waals surface area contributed by atoms with E-state index in [9.17, 15) is 4.79 Å². The molecule has 0 N–H and O–H groups in total. The second-order valence-electron chi connectivity index (χ2n) is 7.58. The highest BCUT2D eigenvalue weighted by molar-refractivity contribution is 7.08. The van der Waals surface area contributed by atoms with Gasteiger partial charge in [0.05, 0.1) is 30.2 Å². The Morgan fingerprint density at radius 2 is 1.84 bits per heavy atom. The highest BCUT2D eigenvalue weighted by atomic mass is 32.1. The molecule has 1 amide bonds. The standard InChI is InChI=1S/C25H22N4O2S/c1-17(30)29-24(14-23(26-29)19-12-13-32-16-19)22-15-28(20-6-4-3-5-7-20)27-25(22)18-8-10-21(31-2)11-9-18/h3-13,15-16,24H,14H2,1-2H3. The number of hydrogen-bond acceptors (Lipinski definition) is 5. The van der Waals surface area contributed by atoms with Crippen LogP contribution in [0.25, 0.3) is 16.9 Å². The van der Waals surface area contributed by atoms with Gasteiger partial charge in [-0.1, -0.05) is 18.2 Å². The van der Waals surface area contributed by atoms with Gasteiger partial charge in [-0.05, 0) is 53.2 Å². The Morgan fingerprint density at radius 3 is 2.50 bits per heavy atom. The maximum Gasteiger partial charge on any atom is 0.240 e. The SMILES string of the molecule is COc1ccc(-c2nn(-c3ccccc3)cc2C2CC(c3ccsc3)=NN2C(C)=O)cc1. The van der Waals surface area contributed by atoms with Crippen molar-refractivity contribution in [1.82, 2.24) is 14.8 Å². The van der Waals surface area contributed by atoms with Crippen LogP contribution in [0.3, 0.4) is 0 Å². The first-order valence-electron chi connectivity index (χ1n) is 10.3. The van der Waals surface area contributed by atoms with Crippen LogP contribution in [-0.4, -0.2) is 33.5 Å². The van der Waals surface area contributed by atoms with Crippen LogP contribution >= 0.6 is 11.3 Å². The highest BCUT2D eigenvalue weighted by Crippen LogP contribution is 2.38. The molecule has 160 valence electrons. The van der Waals surface area contributed by atoms with Gasteiger partial charge in [-0.3, -0.25) is 4.79 Å². The van der Waals surface area contributed by atoms with E-state index in [2.05, 4.69) is 10.5 Å². The van der Waals surface area contributed by atoms with Gasteiger partial charge in [0, 0.05) is 36.2 Å². The summed E-state index contributed by atoms with van der Waals surface area (Å²) in [5, 5.41) is 15.3. The normalized spacial score (nSPS) is 15.6. The number of para-hydroxylation sites is 1. The lowest BCUT2D eigenvalue weighted by Gasteiger charge is -2.20. The smallest absolute Gasteiger partial charge is 0.240 e. The van der Waals surface area contributed by atoms with Crippen LogP contribution in [0.15, 0.2) is 82.7 Å². The van der Waals surface area contributed by atoms with E-state index in [-0.39, 0.29) is 11.9 Å². The van der Waals surface area contributed by atoms with E-state index in [1.54, 1.807) is 30.4 Å². The van der Waals surface area contributed by atoms with Gasteiger partial charge in [-0.15, -0.1) is 0 Å². The van der Waals surface area contributed by atoms with Crippen molar-refractivity contribution in [3.05, 3.63) is 88.7 Å². The molecule has 3 heterocycles. The molecule has 32 heavy (non-hydrogen) atoms. The summed E-state index contributed by atoms with van der Waals surface area (Å²) < 4.78 is 7.19. The number of nitrogens with zero attached hydrogens (tertiary/aromatic N) is 4. The maximum absolute atomic E-state index is 12.5. The zero-order valence-electron chi connectivity index (χ0n) is 17.8. The Bertz CT molecular complexity index is 1260. The molecular formula is C25H22N4O2S. The zero-order valence-corrected chi connectivity index (χ0v) is 18.6. The van der Waals surface area contributed by atoms with E-state index in [0.29, 0.717) is 6.42 Å².